The zero-order valence-corrected chi connectivity index (χ0v) is 19.1. The fourth-order valence-electron chi connectivity index (χ4n) is 5.19. The summed E-state index contributed by atoms with van der Waals surface area (Å²) in [4.78, 5) is 38.4. The maximum Gasteiger partial charge on any atom is 0.490 e. The van der Waals surface area contributed by atoms with E-state index in [1.807, 2.05) is 4.90 Å². The molecule has 3 heterocycles. The van der Waals surface area contributed by atoms with Gasteiger partial charge in [-0.05, 0) is 43.0 Å². The van der Waals surface area contributed by atoms with Gasteiger partial charge in [0.15, 0.2) is 0 Å². The van der Waals surface area contributed by atoms with Crippen LogP contribution in [0.5, 0.6) is 0 Å². The smallest absolute Gasteiger partial charge is 0.475 e. The third kappa shape index (κ3) is 5.68. The standard InChI is InChI=1S/C21H28FN3O2.C2HF3O2/c1-14(2)11-24-12-17-18(13-24)21(23-19(17)26)7-9-25(10-8-21)20(27)15-3-5-16(22)6-4-15;3-2(4,5)1(6)7/h3-6,14,17-18H,7-13H2,1-2H3,(H,23,26);(H,6,7)/t17-,18+;/m1./s1. The molecule has 188 valence electrons. The van der Waals surface area contributed by atoms with Crippen LogP contribution in [-0.4, -0.2) is 77.1 Å². The summed E-state index contributed by atoms with van der Waals surface area (Å²) in [7, 11) is 0. The number of carboxylic acid groups (broad SMARTS) is 1. The lowest BCUT2D eigenvalue weighted by Crippen LogP contribution is -2.56. The lowest BCUT2D eigenvalue weighted by atomic mass is 9.75. The number of alkyl halides is 3. The van der Waals surface area contributed by atoms with Gasteiger partial charge in [0.1, 0.15) is 5.82 Å². The highest BCUT2D eigenvalue weighted by Crippen LogP contribution is 2.44. The molecule has 0 saturated carbocycles. The first-order chi connectivity index (χ1) is 15.8. The molecular weight excluding hydrogens is 458 g/mol. The van der Waals surface area contributed by atoms with Crippen LogP contribution in [0, 0.1) is 23.6 Å². The molecule has 3 saturated heterocycles. The van der Waals surface area contributed by atoms with Crippen LogP contribution in [-0.2, 0) is 9.59 Å². The molecule has 1 spiro atoms. The van der Waals surface area contributed by atoms with Crippen molar-refractivity contribution in [2.24, 2.45) is 17.8 Å². The Hall–Kier alpha value is -2.69. The zero-order valence-electron chi connectivity index (χ0n) is 19.1. The van der Waals surface area contributed by atoms with Crippen LogP contribution in [0.4, 0.5) is 17.6 Å². The maximum atomic E-state index is 13.1. The molecule has 2 amide bonds. The molecular formula is C23H29F4N3O4. The summed E-state index contributed by atoms with van der Waals surface area (Å²) in [5, 5.41) is 10.4. The van der Waals surface area contributed by atoms with E-state index in [2.05, 4.69) is 24.1 Å². The highest BCUT2D eigenvalue weighted by Gasteiger charge is 2.57. The van der Waals surface area contributed by atoms with Crippen molar-refractivity contribution >= 4 is 17.8 Å². The molecule has 2 atom stereocenters. The number of benzene rings is 1. The molecule has 3 aliphatic rings. The van der Waals surface area contributed by atoms with E-state index in [1.54, 1.807) is 0 Å². The molecule has 4 rings (SSSR count). The van der Waals surface area contributed by atoms with Crippen LogP contribution < -0.4 is 5.32 Å². The van der Waals surface area contributed by atoms with Gasteiger partial charge in [-0.15, -0.1) is 0 Å². The summed E-state index contributed by atoms with van der Waals surface area (Å²) >= 11 is 0. The first-order valence-electron chi connectivity index (χ1n) is 11.2. The highest BCUT2D eigenvalue weighted by atomic mass is 19.4. The molecule has 0 aromatic heterocycles. The minimum absolute atomic E-state index is 0.0569. The van der Waals surface area contributed by atoms with Gasteiger partial charge < -0.3 is 20.2 Å². The Kier molecular flexibility index (Phi) is 7.54. The van der Waals surface area contributed by atoms with Crippen molar-refractivity contribution < 1.29 is 37.1 Å². The van der Waals surface area contributed by atoms with Crippen LogP contribution in [0.25, 0.3) is 0 Å². The lowest BCUT2D eigenvalue weighted by Gasteiger charge is -2.43. The number of nitrogens with zero attached hydrogens (tertiary/aromatic N) is 2. The Labute approximate surface area is 195 Å². The highest BCUT2D eigenvalue weighted by molar-refractivity contribution is 5.94. The number of rotatable bonds is 3. The normalized spacial score (nSPS) is 24.0. The van der Waals surface area contributed by atoms with Gasteiger partial charge in [0.05, 0.1) is 5.92 Å². The monoisotopic (exact) mass is 487 g/mol. The Balaban J connectivity index is 0.000000406. The Bertz CT molecular complexity index is 912. The van der Waals surface area contributed by atoms with Gasteiger partial charge in [-0.2, -0.15) is 13.2 Å². The number of fused-ring (bicyclic) bond motifs is 2. The number of aliphatic carboxylic acids is 1. The second-order valence-corrected chi connectivity index (χ2v) is 9.57. The number of amides is 2. The number of piperidine rings is 1. The summed E-state index contributed by atoms with van der Waals surface area (Å²) in [5.74, 6) is -1.94. The Morgan fingerprint density at radius 3 is 2.21 bits per heavy atom. The molecule has 0 unspecified atom stereocenters. The van der Waals surface area contributed by atoms with Crippen LogP contribution in [0.15, 0.2) is 24.3 Å². The van der Waals surface area contributed by atoms with Gasteiger partial charge in [0.2, 0.25) is 5.91 Å². The predicted octanol–water partition coefficient (Wildman–Crippen LogP) is 2.77. The third-order valence-electron chi connectivity index (χ3n) is 6.71. The minimum Gasteiger partial charge on any atom is -0.475 e. The van der Waals surface area contributed by atoms with E-state index in [0.717, 1.165) is 32.5 Å². The molecule has 11 heteroatoms. The average Bonchev–Trinajstić information content (AvgIpc) is 3.27. The molecule has 3 fully saturated rings. The molecule has 3 aliphatic heterocycles. The van der Waals surface area contributed by atoms with Crippen LogP contribution in [0.3, 0.4) is 0 Å². The number of carbonyl (C=O) groups excluding carboxylic acids is 2. The topological polar surface area (TPSA) is 90.0 Å². The second kappa shape index (κ2) is 9.89. The molecule has 34 heavy (non-hydrogen) atoms. The van der Waals surface area contributed by atoms with Gasteiger partial charge in [0, 0.05) is 49.7 Å². The molecule has 0 radical (unpaired) electrons. The van der Waals surface area contributed by atoms with E-state index in [4.69, 9.17) is 9.90 Å². The van der Waals surface area contributed by atoms with Crippen molar-refractivity contribution in [2.75, 3.05) is 32.7 Å². The Morgan fingerprint density at radius 2 is 1.71 bits per heavy atom. The van der Waals surface area contributed by atoms with Crippen molar-refractivity contribution in [1.29, 1.82) is 0 Å². The summed E-state index contributed by atoms with van der Waals surface area (Å²) in [5.41, 5.74) is 0.345. The van der Waals surface area contributed by atoms with Crippen LogP contribution in [0.2, 0.25) is 0 Å². The van der Waals surface area contributed by atoms with Crippen molar-refractivity contribution in [3.8, 4) is 0 Å². The number of hydrogen-bond acceptors (Lipinski definition) is 4. The molecule has 7 nitrogen and oxygen atoms in total. The Morgan fingerprint density at radius 1 is 1.15 bits per heavy atom. The number of carbonyl (C=O) groups is 3. The minimum atomic E-state index is -5.08. The first kappa shape index (κ1) is 25.9. The van der Waals surface area contributed by atoms with E-state index < -0.39 is 12.1 Å². The van der Waals surface area contributed by atoms with Gasteiger partial charge in [-0.25, -0.2) is 9.18 Å². The van der Waals surface area contributed by atoms with Crippen LogP contribution >= 0.6 is 0 Å². The molecule has 2 N–H and O–H groups in total. The maximum absolute atomic E-state index is 13.1. The number of likely N-dealkylation sites (tertiary alicyclic amines) is 2. The van der Waals surface area contributed by atoms with Gasteiger partial charge >= 0.3 is 12.1 Å². The fraction of sp³-hybridized carbons (Fsp3) is 0.609. The summed E-state index contributed by atoms with van der Waals surface area (Å²) in [6, 6.07) is 5.72. The number of nitrogens with one attached hydrogen (secondary N) is 1. The van der Waals surface area contributed by atoms with Crippen molar-refractivity contribution in [3.05, 3.63) is 35.6 Å². The lowest BCUT2D eigenvalue weighted by molar-refractivity contribution is -0.192. The van der Waals surface area contributed by atoms with E-state index >= 15 is 0 Å². The zero-order chi connectivity index (χ0) is 25.3. The molecule has 1 aromatic rings. The SMILES string of the molecule is CC(C)CN1C[C@H]2C(=O)NC3(CCN(C(=O)c4ccc(F)cc4)CC3)[C@H]2C1.O=C(O)C(F)(F)F. The van der Waals surface area contributed by atoms with E-state index in [-0.39, 0.29) is 29.1 Å². The second-order valence-electron chi connectivity index (χ2n) is 9.57. The van der Waals surface area contributed by atoms with E-state index in [0.29, 0.717) is 30.5 Å². The summed E-state index contributed by atoms with van der Waals surface area (Å²) < 4.78 is 44.8. The fourth-order valence-corrected chi connectivity index (χ4v) is 5.19. The van der Waals surface area contributed by atoms with Crippen molar-refractivity contribution in [1.82, 2.24) is 15.1 Å². The number of hydrogen-bond donors (Lipinski definition) is 2. The molecule has 1 aromatic carbocycles. The largest absolute Gasteiger partial charge is 0.490 e. The average molecular weight is 487 g/mol. The van der Waals surface area contributed by atoms with Crippen molar-refractivity contribution in [2.45, 2.75) is 38.4 Å². The first-order valence-corrected chi connectivity index (χ1v) is 11.2. The number of carboxylic acids is 1. The van der Waals surface area contributed by atoms with Crippen LogP contribution in [0.1, 0.15) is 37.0 Å². The quantitative estimate of drug-likeness (QED) is 0.640. The summed E-state index contributed by atoms with van der Waals surface area (Å²) in [6.07, 6.45) is -3.50. The number of halogens is 4. The van der Waals surface area contributed by atoms with Gasteiger partial charge in [-0.1, -0.05) is 13.8 Å². The van der Waals surface area contributed by atoms with E-state index in [1.165, 1.54) is 24.3 Å². The molecule has 0 aliphatic carbocycles. The summed E-state index contributed by atoms with van der Waals surface area (Å²) in [6.45, 7) is 8.54. The van der Waals surface area contributed by atoms with Crippen molar-refractivity contribution in [3.63, 3.8) is 0 Å². The van der Waals surface area contributed by atoms with Gasteiger partial charge in [-0.3, -0.25) is 9.59 Å². The third-order valence-corrected chi connectivity index (χ3v) is 6.71. The predicted molar refractivity (Wildman–Crippen MR) is 114 cm³/mol. The molecule has 0 bridgehead atoms. The van der Waals surface area contributed by atoms with E-state index in [9.17, 15) is 27.2 Å². The van der Waals surface area contributed by atoms with Gasteiger partial charge in [0.25, 0.3) is 5.91 Å².